The predicted octanol–water partition coefficient (Wildman–Crippen LogP) is 1.22. The van der Waals surface area contributed by atoms with E-state index in [2.05, 4.69) is 5.43 Å². The van der Waals surface area contributed by atoms with Crippen molar-refractivity contribution in [3.05, 3.63) is 0 Å². The Balaban J connectivity index is 2.48. The summed E-state index contributed by atoms with van der Waals surface area (Å²) in [5, 5.41) is 0. The zero-order valence-electron chi connectivity index (χ0n) is 8.25. The van der Waals surface area contributed by atoms with Crippen molar-refractivity contribution in [2.24, 2.45) is 5.84 Å². The van der Waals surface area contributed by atoms with E-state index >= 15 is 0 Å². The summed E-state index contributed by atoms with van der Waals surface area (Å²) >= 11 is 0. The van der Waals surface area contributed by atoms with E-state index in [1.165, 1.54) is 19.3 Å². The fourth-order valence-electron chi connectivity index (χ4n) is 2.04. The first-order chi connectivity index (χ1) is 6.29. The fraction of sp³-hybridized carbons (Fsp3) is 0.889. The molecule has 0 bridgehead atoms. The van der Waals surface area contributed by atoms with Crippen molar-refractivity contribution in [3.8, 4) is 0 Å². The number of amides is 2. The maximum Gasteiger partial charge on any atom is 0.331 e. The molecule has 3 N–H and O–H groups in total. The van der Waals surface area contributed by atoms with E-state index in [0.717, 1.165) is 19.4 Å². The molecule has 0 aromatic rings. The molecule has 4 heteroatoms. The van der Waals surface area contributed by atoms with Gasteiger partial charge in [0.1, 0.15) is 0 Å². The highest BCUT2D eigenvalue weighted by Crippen LogP contribution is 2.22. The predicted molar refractivity (Wildman–Crippen MR) is 52.0 cm³/mol. The molecule has 4 nitrogen and oxygen atoms in total. The standard InChI is InChI=1S/C9H19N3O/c1-2-12(9(13)11-10)8-6-4-3-5-7-8/h8H,2-7,10H2,1H3,(H,11,13). The Kier molecular flexibility index (Phi) is 4.02. The monoisotopic (exact) mass is 185 g/mol. The Bertz CT molecular complexity index is 166. The minimum Gasteiger partial charge on any atom is -0.321 e. The van der Waals surface area contributed by atoms with Crippen molar-refractivity contribution in [1.29, 1.82) is 0 Å². The van der Waals surface area contributed by atoms with Crippen molar-refractivity contribution in [2.75, 3.05) is 6.54 Å². The first-order valence-electron chi connectivity index (χ1n) is 5.06. The molecule has 0 unspecified atom stereocenters. The highest BCUT2D eigenvalue weighted by atomic mass is 16.2. The molecule has 0 spiro atoms. The molecule has 0 aliphatic heterocycles. The van der Waals surface area contributed by atoms with Crippen LogP contribution in [0.5, 0.6) is 0 Å². The third kappa shape index (κ3) is 2.59. The number of nitrogens with two attached hydrogens (primary N) is 1. The molecule has 1 fully saturated rings. The molecule has 1 saturated carbocycles. The SMILES string of the molecule is CCN(C(=O)NN)C1CCCCC1. The number of rotatable bonds is 2. The number of hydrogen-bond donors (Lipinski definition) is 2. The number of hydrazine groups is 1. The van der Waals surface area contributed by atoms with Gasteiger partial charge < -0.3 is 4.90 Å². The lowest BCUT2D eigenvalue weighted by molar-refractivity contribution is 0.160. The Morgan fingerprint density at radius 3 is 2.54 bits per heavy atom. The lowest BCUT2D eigenvalue weighted by Crippen LogP contribution is -2.48. The smallest absolute Gasteiger partial charge is 0.321 e. The first kappa shape index (κ1) is 10.3. The van der Waals surface area contributed by atoms with Crippen LogP contribution in [0.25, 0.3) is 0 Å². The minimum atomic E-state index is -0.144. The van der Waals surface area contributed by atoms with E-state index in [1.807, 2.05) is 11.8 Å². The van der Waals surface area contributed by atoms with Gasteiger partial charge in [-0.1, -0.05) is 19.3 Å². The maximum absolute atomic E-state index is 11.3. The van der Waals surface area contributed by atoms with Crippen LogP contribution in [-0.2, 0) is 0 Å². The van der Waals surface area contributed by atoms with Gasteiger partial charge in [-0.05, 0) is 19.8 Å². The summed E-state index contributed by atoms with van der Waals surface area (Å²) in [5.74, 6) is 5.11. The van der Waals surface area contributed by atoms with Crippen molar-refractivity contribution >= 4 is 6.03 Å². The van der Waals surface area contributed by atoms with Crippen molar-refractivity contribution in [2.45, 2.75) is 45.1 Å². The van der Waals surface area contributed by atoms with Gasteiger partial charge in [-0.15, -0.1) is 0 Å². The topological polar surface area (TPSA) is 58.4 Å². The van der Waals surface area contributed by atoms with Gasteiger partial charge in [0.15, 0.2) is 0 Å². The van der Waals surface area contributed by atoms with Crippen LogP contribution in [0.1, 0.15) is 39.0 Å². The minimum absolute atomic E-state index is 0.144. The van der Waals surface area contributed by atoms with E-state index in [4.69, 9.17) is 5.84 Å². The molecule has 2 amide bonds. The summed E-state index contributed by atoms with van der Waals surface area (Å²) in [7, 11) is 0. The quantitative estimate of drug-likeness (QED) is 0.386. The average molecular weight is 185 g/mol. The second-order valence-corrected chi connectivity index (χ2v) is 3.53. The molecule has 0 atom stereocenters. The van der Waals surface area contributed by atoms with Crippen molar-refractivity contribution in [1.82, 2.24) is 10.3 Å². The Labute approximate surface area is 79.4 Å². The summed E-state index contributed by atoms with van der Waals surface area (Å²) in [5.41, 5.74) is 2.20. The molecule has 0 saturated heterocycles. The molecular formula is C9H19N3O. The van der Waals surface area contributed by atoms with E-state index in [-0.39, 0.29) is 6.03 Å². The highest BCUT2D eigenvalue weighted by molar-refractivity contribution is 5.73. The largest absolute Gasteiger partial charge is 0.331 e. The maximum atomic E-state index is 11.3. The number of carbonyl (C=O) groups is 1. The van der Waals surface area contributed by atoms with Crippen molar-refractivity contribution < 1.29 is 4.79 Å². The van der Waals surface area contributed by atoms with Gasteiger partial charge in [0, 0.05) is 12.6 Å². The van der Waals surface area contributed by atoms with Crippen molar-refractivity contribution in [3.63, 3.8) is 0 Å². The molecule has 0 heterocycles. The molecular weight excluding hydrogens is 166 g/mol. The summed E-state index contributed by atoms with van der Waals surface area (Å²) in [6.45, 7) is 2.73. The number of urea groups is 1. The highest BCUT2D eigenvalue weighted by Gasteiger charge is 2.23. The van der Waals surface area contributed by atoms with Gasteiger partial charge in [0.05, 0.1) is 0 Å². The van der Waals surface area contributed by atoms with Crippen LogP contribution in [0.4, 0.5) is 4.79 Å². The van der Waals surface area contributed by atoms with E-state index in [0.29, 0.717) is 6.04 Å². The van der Waals surface area contributed by atoms with Gasteiger partial charge in [-0.3, -0.25) is 5.43 Å². The molecule has 13 heavy (non-hydrogen) atoms. The second kappa shape index (κ2) is 5.07. The van der Waals surface area contributed by atoms with E-state index in [1.54, 1.807) is 0 Å². The molecule has 0 aromatic carbocycles. The molecule has 1 aliphatic rings. The zero-order valence-corrected chi connectivity index (χ0v) is 8.25. The number of hydrogen-bond acceptors (Lipinski definition) is 2. The molecule has 1 aliphatic carbocycles. The van der Waals surface area contributed by atoms with Crippen LogP contribution < -0.4 is 11.3 Å². The van der Waals surface area contributed by atoms with Crippen LogP contribution in [-0.4, -0.2) is 23.5 Å². The Morgan fingerprint density at radius 2 is 2.08 bits per heavy atom. The Hall–Kier alpha value is -0.770. The van der Waals surface area contributed by atoms with Crippen LogP contribution in [0.15, 0.2) is 0 Å². The number of nitrogens with one attached hydrogen (secondary N) is 1. The lowest BCUT2D eigenvalue weighted by atomic mass is 9.94. The summed E-state index contributed by atoms with van der Waals surface area (Å²) in [6, 6.07) is 0.261. The van der Waals surface area contributed by atoms with Crippen LogP contribution in [0.2, 0.25) is 0 Å². The second-order valence-electron chi connectivity index (χ2n) is 3.53. The van der Waals surface area contributed by atoms with Gasteiger partial charge in [0.25, 0.3) is 0 Å². The number of carbonyl (C=O) groups excluding carboxylic acids is 1. The zero-order chi connectivity index (χ0) is 9.68. The van der Waals surface area contributed by atoms with Gasteiger partial charge >= 0.3 is 6.03 Å². The van der Waals surface area contributed by atoms with Crippen LogP contribution in [0.3, 0.4) is 0 Å². The van der Waals surface area contributed by atoms with Gasteiger partial charge in [-0.2, -0.15) is 0 Å². The summed E-state index contributed by atoms with van der Waals surface area (Å²) < 4.78 is 0. The van der Waals surface area contributed by atoms with Crippen LogP contribution >= 0.6 is 0 Å². The lowest BCUT2D eigenvalue weighted by Gasteiger charge is -2.32. The van der Waals surface area contributed by atoms with Gasteiger partial charge in [0.2, 0.25) is 0 Å². The molecule has 1 rings (SSSR count). The first-order valence-corrected chi connectivity index (χ1v) is 5.06. The summed E-state index contributed by atoms with van der Waals surface area (Å²) in [6.07, 6.45) is 6.03. The normalized spacial score (nSPS) is 18.3. The molecule has 0 aromatic heterocycles. The van der Waals surface area contributed by atoms with E-state index in [9.17, 15) is 4.79 Å². The number of nitrogens with zero attached hydrogens (tertiary/aromatic N) is 1. The fourth-order valence-corrected chi connectivity index (χ4v) is 2.04. The average Bonchev–Trinajstić information content (AvgIpc) is 2.20. The molecule has 76 valence electrons. The third-order valence-corrected chi connectivity index (χ3v) is 2.74. The molecule has 0 radical (unpaired) electrons. The Morgan fingerprint density at radius 1 is 1.46 bits per heavy atom. The van der Waals surface area contributed by atoms with Crippen LogP contribution in [0, 0.1) is 0 Å². The summed E-state index contributed by atoms with van der Waals surface area (Å²) in [4.78, 5) is 13.2. The van der Waals surface area contributed by atoms with Gasteiger partial charge in [-0.25, -0.2) is 10.6 Å². The van der Waals surface area contributed by atoms with E-state index < -0.39 is 0 Å². The third-order valence-electron chi connectivity index (χ3n) is 2.74.